The molecule has 0 spiro atoms. The molecule has 1 unspecified atom stereocenters. The van der Waals surface area contributed by atoms with Crippen LogP contribution in [-0.4, -0.2) is 129 Å². The number of anilines is 2. The van der Waals surface area contributed by atoms with Crippen LogP contribution in [0.1, 0.15) is 81.1 Å². The summed E-state index contributed by atoms with van der Waals surface area (Å²) in [5.41, 5.74) is 3.75. The van der Waals surface area contributed by atoms with Crippen LogP contribution in [-0.2, 0) is 16.1 Å². The van der Waals surface area contributed by atoms with Crippen molar-refractivity contribution in [2.45, 2.75) is 89.4 Å². The maximum absolute atomic E-state index is 16.0. The number of amides is 3. The first kappa shape index (κ1) is 39.0. The fourth-order valence-corrected chi connectivity index (χ4v) is 10.2. The van der Waals surface area contributed by atoms with Gasteiger partial charge in [0.15, 0.2) is 5.82 Å². The third kappa shape index (κ3) is 7.70. The van der Waals surface area contributed by atoms with E-state index in [1.807, 2.05) is 12.1 Å². The Morgan fingerprint density at radius 2 is 1.65 bits per heavy atom. The Morgan fingerprint density at radius 1 is 0.883 bits per heavy atom. The van der Waals surface area contributed by atoms with Gasteiger partial charge < -0.3 is 24.3 Å². The Labute approximate surface area is 349 Å². The van der Waals surface area contributed by atoms with E-state index in [0.717, 1.165) is 131 Å². The van der Waals surface area contributed by atoms with Gasteiger partial charge in [0, 0.05) is 93.9 Å². The molecule has 60 heavy (non-hydrogen) atoms. The van der Waals surface area contributed by atoms with E-state index < -0.39 is 11.9 Å². The van der Waals surface area contributed by atoms with E-state index in [0.29, 0.717) is 34.7 Å². The molecule has 5 fully saturated rings. The summed E-state index contributed by atoms with van der Waals surface area (Å²) in [6.45, 7) is 13.5. The Kier molecular flexibility index (Phi) is 10.2. The van der Waals surface area contributed by atoms with Gasteiger partial charge in [-0.05, 0) is 101 Å². The number of benzene rings is 2. The molecule has 7 heterocycles. The van der Waals surface area contributed by atoms with Gasteiger partial charge in [-0.3, -0.25) is 29.7 Å². The number of carbonyl (C=O) groups excluding carboxylic acids is 3. The number of carbonyl (C=O) groups is 3. The lowest BCUT2D eigenvalue weighted by Crippen LogP contribution is -2.54. The minimum Gasteiger partial charge on any atom is -0.488 e. The Morgan fingerprint density at radius 3 is 2.40 bits per heavy atom. The van der Waals surface area contributed by atoms with Gasteiger partial charge in [-0.25, -0.2) is 14.4 Å². The van der Waals surface area contributed by atoms with E-state index in [4.69, 9.17) is 4.74 Å². The highest BCUT2D eigenvalue weighted by Crippen LogP contribution is 2.41. The zero-order chi connectivity index (χ0) is 41.1. The molecular formula is C45H55FN10O4. The summed E-state index contributed by atoms with van der Waals surface area (Å²) >= 11 is 0. The molecule has 4 saturated heterocycles. The number of ether oxygens (including phenoxy) is 1. The van der Waals surface area contributed by atoms with Gasteiger partial charge >= 0.3 is 0 Å². The number of fused-ring (bicyclic) bond motifs is 2. The minimum atomic E-state index is -0.753. The van der Waals surface area contributed by atoms with Crippen molar-refractivity contribution < 1.29 is 23.5 Å². The van der Waals surface area contributed by atoms with Crippen molar-refractivity contribution in [1.29, 1.82) is 0 Å². The number of piperidine rings is 3. The molecule has 10 rings (SSSR count). The van der Waals surface area contributed by atoms with Crippen molar-refractivity contribution in [2.75, 3.05) is 68.7 Å². The molecule has 4 aromatic rings. The van der Waals surface area contributed by atoms with Gasteiger partial charge in [0.2, 0.25) is 11.8 Å². The number of imide groups is 1. The van der Waals surface area contributed by atoms with Gasteiger partial charge in [-0.15, -0.1) is 0 Å². The fraction of sp³-hybridized carbons (Fsp3) is 0.556. The first-order chi connectivity index (χ1) is 29.1. The number of nitrogens with one attached hydrogen (secondary N) is 2. The van der Waals surface area contributed by atoms with Gasteiger partial charge in [0.05, 0.1) is 23.4 Å². The number of H-pyrrole nitrogens is 1. The van der Waals surface area contributed by atoms with Crippen LogP contribution >= 0.6 is 0 Å². The monoisotopic (exact) mass is 818 g/mol. The molecule has 14 nitrogen and oxygen atoms in total. The lowest BCUT2D eigenvalue weighted by molar-refractivity contribution is -0.136. The van der Waals surface area contributed by atoms with Gasteiger partial charge in [0.1, 0.15) is 35.2 Å². The van der Waals surface area contributed by atoms with E-state index in [2.05, 4.69) is 71.1 Å². The van der Waals surface area contributed by atoms with E-state index in [1.165, 1.54) is 4.90 Å². The highest BCUT2D eigenvalue weighted by atomic mass is 19.1. The molecule has 2 aromatic carbocycles. The van der Waals surface area contributed by atoms with Crippen molar-refractivity contribution in [3.63, 3.8) is 0 Å². The average Bonchev–Trinajstić information content (AvgIpc) is 3.66. The number of nitrogens with zero attached hydrogens (tertiary/aromatic N) is 8. The third-order valence-corrected chi connectivity index (χ3v) is 14.1. The van der Waals surface area contributed by atoms with Crippen molar-refractivity contribution in [3.8, 4) is 17.1 Å². The van der Waals surface area contributed by atoms with E-state index in [-0.39, 0.29) is 42.6 Å². The lowest BCUT2D eigenvalue weighted by Gasteiger charge is -2.44. The number of rotatable bonds is 10. The van der Waals surface area contributed by atoms with Crippen molar-refractivity contribution in [1.82, 2.24) is 40.2 Å². The van der Waals surface area contributed by atoms with Crippen molar-refractivity contribution in [2.24, 2.45) is 11.8 Å². The number of piperazine rings is 1. The summed E-state index contributed by atoms with van der Waals surface area (Å²) < 4.78 is 22.2. The van der Waals surface area contributed by atoms with Crippen LogP contribution in [0, 0.1) is 17.7 Å². The second kappa shape index (κ2) is 15.7. The van der Waals surface area contributed by atoms with Crippen molar-refractivity contribution in [3.05, 3.63) is 59.7 Å². The quantitative estimate of drug-likeness (QED) is 0.209. The van der Waals surface area contributed by atoms with Crippen LogP contribution in [0.4, 0.5) is 15.9 Å². The third-order valence-electron chi connectivity index (χ3n) is 14.1. The molecule has 2 atom stereocenters. The van der Waals surface area contributed by atoms with Gasteiger partial charge in [-0.2, -0.15) is 5.10 Å². The lowest BCUT2D eigenvalue weighted by atomic mass is 9.93. The fourth-order valence-electron chi connectivity index (χ4n) is 10.2. The van der Waals surface area contributed by atoms with E-state index >= 15 is 4.39 Å². The van der Waals surface area contributed by atoms with Crippen LogP contribution in [0.2, 0.25) is 0 Å². The maximum Gasteiger partial charge on any atom is 0.255 e. The maximum atomic E-state index is 16.0. The second-order valence-corrected chi connectivity index (χ2v) is 18.4. The Hall–Kier alpha value is -5.15. The normalized spacial score (nSPS) is 24.3. The first-order valence-electron chi connectivity index (χ1n) is 22.0. The van der Waals surface area contributed by atoms with E-state index in [9.17, 15) is 14.4 Å². The standard InChI is InChI=1S/C45H55FN10O4/c1-28-23-52(24-29-9-15-53(16-10-29)37-6-4-32-34(41(37)46)26-56(44(32)59)38-7-8-40(57)49-43(38)58)19-20-55(28)25-30-11-17-54(18-12-30)39-22-36(47-27-48-39)42-33-21-31(60-45(2)13-14-45)3-5-35(33)50-51-42/h3-6,21-22,27-30,38H,7-20,23-26H2,1-2H3,(H,50,51)(H,49,57,58)/t28-,38?/m1/s1. The molecular weight excluding hydrogens is 764 g/mol. The number of aromatic nitrogens is 4. The van der Waals surface area contributed by atoms with Crippen LogP contribution in [0.3, 0.4) is 0 Å². The highest BCUT2D eigenvalue weighted by molar-refractivity contribution is 6.05. The molecule has 316 valence electrons. The first-order valence-corrected chi connectivity index (χ1v) is 22.0. The van der Waals surface area contributed by atoms with Crippen LogP contribution in [0.25, 0.3) is 22.3 Å². The Bertz CT molecular complexity index is 2300. The largest absolute Gasteiger partial charge is 0.488 e. The summed E-state index contributed by atoms with van der Waals surface area (Å²) in [5, 5.41) is 11.1. The second-order valence-electron chi connectivity index (χ2n) is 18.4. The topological polar surface area (TPSA) is 143 Å². The Balaban J connectivity index is 0.680. The number of hydrogen-bond acceptors (Lipinski definition) is 11. The predicted molar refractivity (Wildman–Crippen MR) is 225 cm³/mol. The molecule has 1 aliphatic carbocycles. The molecule has 15 heteroatoms. The van der Waals surface area contributed by atoms with Crippen LogP contribution in [0.15, 0.2) is 42.7 Å². The zero-order valence-electron chi connectivity index (χ0n) is 34.7. The summed E-state index contributed by atoms with van der Waals surface area (Å²) in [4.78, 5) is 57.8. The molecule has 2 N–H and O–H groups in total. The van der Waals surface area contributed by atoms with Gasteiger partial charge in [0.25, 0.3) is 5.91 Å². The summed E-state index contributed by atoms with van der Waals surface area (Å²) in [6.07, 6.45) is 8.52. The summed E-state index contributed by atoms with van der Waals surface area (Å²) in [5.74, 6) is 1.50. The molecule has 3 amide bonds. The molecule has 0 radical (unpaired) electrons. The highest BCUT2D eigenvalue weighted by Gasteiger charge is 2.42. The minimum absolute atomic E-state index is 0.0458. The average molecular weight is 819 g/mol. The summed E-state index contributed by atoms with van der Waals surface area (Å²) in [6, 6.07) is 11.4. The molecule has 1 saturated carbocycles. The molecule has 2 aromatic heterocycles. The van der Waals surface area contributed by atoms with Crippen LogP contribution in [0.5, 0.6) is 5.75 Å². The molecule has 5 aliphatic heterocycles. The van der Waals surface area contributed by atoms with Gasteiger partial charge in [-0.1, -0.05) is 0 Å². The summed E-state index contributed by atoms with van der Waals surface area (Å²) in [7, 11) is 0. The van der Waals surface area contributed by atoms with Crippen molar-refractivity contribution >= 4 is 40.1 Å². The van der Waals surface area contributed by atoms with E-state index in [1.54, 1.807) is 18.5 Å². The molecule has 6 aliphatic rings. The zero-order valence-corrected chi connectivity index (χ0v) is 34.7. The number of aromatic amines is 1. The predicted octanol–water partition coefficient (Wildman–Crippen LogP) is 4.99. The SMILES string of the molecule is C[C@@H]1CN(CC2CCN(c3ccc4c(c3F)CN(C3CCC(=O)NC3=O)C4=O)CC2)CCN1CC1CCN(c2cc(-c3n[nH]c4ccc(OC5(C)CC5)cc34)ncn2)CC1. The number of hydrogen-bond donors (Lipinski definition) is 2. The van der Waals surface area contributed by atoms with Crippen LogP contribution < -0.4 is 19.9 Å². The smallest absolute Gasteiger partial charge is 0.255 e. The number of halogens is 1. The molecule has 0 bridgehead atoms.